The highest BCUT2D eigenvalue weighted by atomic mass is 35.5. The van der Waals surface area contributed by atoms with Gasteiger partial charge in [0.2, 0.25) is 11.8 Å². The molecule has 1 heterocycles. The highest BCUT2D eigenvalue weighted by molar-refractivity contribution is 6.32. The van der Waals surface area contributed by atoms with E-state index in [1.807, 2.05) is 6.07 Å². The molecule has 1 aliphatic heterocycles. The molecule has 1 saturated heterocycles. The van der Waals surface area contributed by atoms with Gasteiger partial charge in [0.05, 0.1) is 16.5 Å². The fourth-order valence-corrected chi connectivity index (χ4v) is 2.11. The number of halogens is 1. The van der Waals surface area contributed by atoms with E-state index < -0.39 is 0 Å². The molecule has 2 N–H and O–H groups in total. The first-order valence-corrected chi connectivity index (χ1v) is 6.25. The van der Waals surface area contributed by atoms with Crippen LogP contribution in [0.2, 0.25) is 5.02 Å². The summed E-state index contributed by atoms with van der Waals surface area (Å²) in [4.78, 5) is 23.0. The molecular weight excluding hydrogens is 266 g/mol. The van der Waals surface area contributed by atoms with E-state index in [1.165, 1.54) is 0 Å². The summed E-state index contributed by atoms with van der Waals surface area (Å²) in [7, 11) is 0. The van der Waals surface area contributed by atoms with Gasteiger partial charge < -0.3 is 10.6 Å². The number of nitrogens with zero attached hydrogens (tertiary/aromatic N) is 1. The van der Waals surface area contributed by atoms with Crippen LogP contribution >= 0.6 is 11.6 Å². The Morgan fingerprint density at radius 3 is 2.89 bits per heavy atom. The Balaban J connectivity index is 2.01. The van der Waals surface area contributed by atoms with Crippen molar-refractivity contribution in [1.29, 1.82) is 5.26 Å². The smallest absolute Gasteiger partial charge is 0.229 e. The quantitative estimate of drug-likeness (QED) is 0.863. The first-order chi connectivity index (χ1) is 9.10. The van der Waals surface area contributed by atoms with E-state index >= 15 is 0 Å². The average molecular weight is 278 g/mol. The van der Waals surface area contributed by atoms with Gasteiger partial charge >= 0.3 is 0 Å². The Morgan fingerprint density at radius 1 is 1.53 bits per heavy atom. The van der Waals surface area contributed by atoms with Crippen molar-refractivity contribution in [3.8, 4) is 6.07 Å². The molecule has 98 valence electrons. The van der Waals surface area contributed by atoms with Gasteiger partial charge in [-0.1, -0.05) is 11.6 Å². The van der Waals surface area contributed by atoms with Crippen molar-refractivity contribution in [3.05, 3.63) is 28.8 Å². The van der Waals surface area contributed by atoms with E-state index in [9.17, 15) is 9.59 Å². The molecular formula is C13H12ClN3O2. The van der Waals surface area contributed by atoms with Crippen molar-refractivity contribution in [3.63, 3.8) is 0 Å². The maximum absolute atomic E-state index is 12.0. The zero-order valence-corrected chi connectivity index (χ0v) is 10.8. The van der Waals surface area contributed by atoms with Gasteiger partial charge in [-0.2, -0.15) is 5.26 Å². The minimum absolute atomic E-state index is 0.0227. The van der Waals surface area contributed by atoms with Crippen molar-refractivity contribution in [2.75, 3.05) is 11.9 Å². The monoisotopic (exact) mass is 277 g/mol. The van der Waals surface area contributed by atoms with Crippen LogP contribution < -0.4 is 10.6 Å². The molecule has 1 unspecified atom stereocenters. The summed E-state index contributed by atoms with van der Waals surface area (Å²) in [6.07, 6.45) is 0.911. The highest BCUT2D eigenvalue weighted by Gasteiger charge is 2.24. The Morgan fingerprint density at radius 2 is 2.32 bits per heavy atom. The number of rotatable bonds is 2. The van der Waals surface area contributed by atoms with Gasteiger partial charge in [-0.25, -0.2) is 0 Å². The summed E-state index contributed by atoms with van der Waals surface area (Å²) in [6, 6.07) is 6.68. The van der Waals surface area contributed by atoms with E-state index in [0.29, 0.717) is 35.7 Å². The lowest BCUT2D eigenvalue weighted by Crippen LogP contribution is -2.40. The van der Waals surface area contributed by atoms with Gasteiger partial charge in [-0.15, -0.1) is 0 Å². The number of nitriles is 1. The van der Waals surface area contributed by atoms with Crippen LogP contribution in [0.15, 0.2) is 18.2 Å². The van der Waals surface area contributed by atoms with E-state index in [0.717, 1.165) is 0 Å². The number of nitrogens with one attached hydrogen (secondary N) is 2. The maximum atomic E-state index is 12.0. The van der Waals surface area contributed by atoms with Gasteiger partial charge in [0.1, 0.15) is 6.07 Å². The molecule has 1 aromatic rings. The summed E-state index contributed by atoms with van der Waals surface area (Å²) in [6.45, 7) is 0.356. The van der Waals surface area contributed by atoms with Crippen molar-refractivity contribution >= 4 is 29.1 Å². The van der Waals surface area contributed by atoms with E-state index in [-0.39, 0.29) is 17.7 Å². The lowest BCUT2D eigenvalue weighted by atomic mass is 9.98. The van der Waals surface area contributed by atoms with Crippen LogP contribution in [0.4, 0.5) is 5.69 Å². The largest absolute Gasteiger partial charge is 0.355 e. The van der Waals surface area contributed by atoms with Gasteiger partial charge in [-0.3, -0.25) is 9.59 Å². The standard InChI is InChI=1S/C13H12ClN3O2/c14-11-5-10(3-1-8(11)6-15)17-13(19)9-2-4-12(18)16-7-9/h1,3,5,9H,2,4,7H2,(H,16,18)(H,17,19). The molecule has 2 amide bonds. The van der Waals surface area contributed by atoms with E-state index in [4.69, 9.17) is 16.9 Å². The van der Waals surface area contributed by atoms with Gasteiger partial charge in [0.15, 0.2) is 0 Å². The average Bonchev–Trinajstić information content (AvgIpc) is 2.39. The molecule has 0 radical (unpaired) electrons. The number of benzene rings is 1. The summed E-state index contributed by atoms with van der Waals surface area (Å²) >= 11 is 5.89. The fraction of sp³-hybridized carbons (Fsp3) is 0.308. The van der Waals surface area contributed by atoms with Crippen LogP contribution in [-0.2, 0) is 9.59 Å². The number of hydrogen-bond acceptors (Lipinski definition) is 3. The Labute approximate surface area is 115 Å². The third-order valence-corrected chi connectivity index (χ3v) is 3.31. The molecule has 1 fully saturated rings. The third kappa shape index (κ3) is 3.24. The topological polar surface area (TPSA) is 82.0 Å². The number of hydrogen-bond donors (Lipinski definition) is 2. The van der Waals surface area contributed by atoms with Gasteiger partial charge in [0.25, 0.3) is 0 Å². The number of anilines is 1. The highest BCUT2D eigenvalue weighted by Crippen LogP contribution is 2.21. The molecule has 0 saturated carbocycles. The Hall–Kier alpha value is -2.06. The SMILES string of the molecule is N#Cc1ccc(NC(=O)C2CCC(=O)NC2)cc1Cl. The van der Waals surface area contributed by atoms with Crippen LogP contribution in [0.5, 0.6) is 0 Å². The second-order valence-electron chi connectivity index (χ2n) is 4.34. The second-order valence-corrected chi connectivity index (χ2v) is 4.74. The Bertz CT molecular complexity index is 555. The lowest BCUT2D eigenvalue weighted by molar-refractivity contribution is -0.126. The van der Waals surface area contributed by atoms with Crippen molar-refractivity contribution in [2.45, 2.75) is 12.8 Å². The minimum atomic E-state index is -0.230. The van der Waals surface area contributed by atoms with Gasteiger partial charge in [-0.05, 0) is 24.6 Å². The first-order valence-electron chi connectivity index (χ1n) is 5.87. The fourth-order valence-electron chi connectivity index (χ4n) is 1.88. The second kappa shape index (κ2) is 5.72. The molecule has 0 spiro atoms. The minimum Gasteiger partial charge on any atom is -0.355 e. The number of amides is 2. The number of carbonyl (C=O) groups is 2. The van der Waals surface area contributed by atoms with E-state index in [1.54, 1.807) is 18.2 Å². The molecule has 19 heavy (non-hydrogen) atoms. The van der Waals surface area contributed by atoms with Crippen LogP contribution in [0.25, 0.3) is 0 Å². The molecule has 0 aromatic heterocycles. The molecule has 0 bridgehead atoms. The summed E-state index contributed by atoms with van der Waals surface area (Å²) in [5, 5.41) is 14.5. The summed E-state index contributed by atoms with van der Waals surface area (Å²) in [5.41, 5.74) is 0.912. The van der Waals surface area contributed by atoms with Crippen molar-refractivity contribution < 1.29 is 9.59 Å². The molecule has 1 atom stereocenters. The molecule has 1 aromatic carbocycles. The zero-order chi connectivity index (χ0) is 13.8. The molecule has 1 aliphatic rings. The normalized spacial score (nSPS) is 18.3. The molecule has 5 nitrogen and oxygen atoms in total. The predicted octanol–water partition coefficient (Wildman–Crippen LogP) is 1.68. The molecule has 6 heteroatoms. The van der Waals surface area contributed by atoms with E-state index in [2.05, 4.69) is 10.6 Å². The van der Waals surface area contributed by atoms with Crippen molar-refractivity contribution in [1.82, 2.24) is 5.32 Å². The Kier molecular flexibility index (Phi) is 4.03. The molecule has 0 aliphatic carbocycles. The van der Waals surface area contributed by atoms with Crippen LogP contribution in [0, 0.1) is 17.2 Å². The maximum Gasteiger partial charge on any atom is 0.229 e. The lowest BCUT2D eigenvalue weighted by Gasteiger charge is -2.21. The summed E-state index contributed by atoms with van der Waals surface area (Å²) < 4.78 is 0. The van der Waals surface area contributed by atoms with Crippen LogP contribution in [0.3, 0.4) is 0 Å². The predicted molar refractivity (Wildman–Crippen MR) is 70.5 cm³/mol. The molecule has 2 rings (SSSR count). The van der Waals surface area contributed by atoms with Crippen LogP contribution in [0.1, 0.15) is 18.4 Å². The number of piperidine rings is 1. The number of carbonyl (C=O) groups excluding carboxylic acids is 2. The summed E-state index contributed by atoms with van der Waals surface area (Å²) in [5.74, 6) is -0.404. The zero-order valence-electron chi connectivity index (χ0n) is 10.1. The third-order valence-electron chi connectivity index (χ3n) is 2.99. The first kappa shape index (κ1) is 13.4. The van der Waals surface area contributed by atoms with Gasteiger partial charge in [0, 0.05) is 18.7 Å². The van der Waals surface area contributed by atoms with Crippen LogP contribution in [-0.4, -0.2) is 18.4 Å². The van der Waals surface area contributed by atoms with Crippen molar-refractivity contribution in [2.24, 2.45) is 5.92 Å².